The molecule has 2 rings (SSSR count). The van der Waals surface area contributed by atoms with Gasteiger partial charge in [0.1, 0.15) is 11.0 Å². The molecule has 1 aromatic rings. The third kappa shape index (κ3) is 3.07. The monoisotopic (exact) mass is 269 g/mol. The van der Waals surface area contributed by atoms with Crippen LogP contribution in [0.4, 0.5) is 0 Å². The lowest BCUT2D eigenvalue weighted by molar-refractivity contribution is -0.129. The first kappa shape index (κ1) is 13.5. The Hall–Kier alpha value is -0.980. The molecule has 3 atom stereocenters. The zero-order valence-corrected chi connectivity index (χ0v) is 11.5. The molecule has 0 radical (unpaired) electrons. The third-order valence-electron chi connectivity index (χ3n) is 3.07. The van der Waals surface area contributed by atoms with Gasteiger partial charge in [-0.15, -0.1) is 11.3 Å². The van der Waals surface area contributed by atoms with Crippen LogP contribution < -0.4 is 10.6 Å². The summed E-state index contributed by atoms with van der Waals surface area (Å²) in [6.45, 7) is 5.34. The molecule has 18 heavy (non-hydrogen) atoms. The lowest BCUT2D eigenvalue weighted by Crippen LogP contribution is -2.55. The quantitative estimate of drug-likeness (QED) is 0.859. The van der Waals surface area contributed by atoms with Crippen LogP contribution in [0.2, 0.25) is 0 Å². The summed E-state index contributed by atoms with van der Waals surface area (Å²) in [5.41, 5.74) is 0. The summed E-state index contributed by atoms with van der Waals surface area (Å²) in [6.07, 6.45) is 2.51. The summed E-state index contributed by atoms with van der Waals surface area (Å²) in [6, 6.07) is -0.277. The Labute approximate surface area is 111 Å². The number of ether oxygens (including phenoxy) is 1. The van der Waals surface area contributed by atoms with Crippen LogP contribution >= 0.6 is 11.3 Å². The Bertz CT molecular complexity index is 383. The van der Waals surface area contributed by atoms with Crippen molar-refractivity contribution in [1.29, 1.82) is 0 Å². The number of carbonyl (C=O) groups excluding carboxylic acids is 1. The zero-order chi connectivity index (χ0) is 13.0. The SMILES string of the molecule is CCC(NC(=O)[C@H]1NCCO[C@@H]1C)c1nccs1. The number of carbonyl (C=O) groups is 1. The van der Waals surface area contributed by atoms with Crippen molar-refractivity contribution in [1.82, 2.24) is 15.6 Å². The highest BCUT2D eigenvalue weighted by Crippen LogP contribution is 2.19. The normalized spacial score (nSPS) is 25.7. The molecule has 1 amide bonds. The van der Waals surface area contributed by atoms with E-state index in [-0.39, 0.29) is 24.1 Å². The lowest BCUT2D eigenvalue weighted by Gasteiger charge is -2.30. The van der Waals surface area contributed by atoms with Crippen LogP contribution in [-0.4, -0.2) is 36.2 Å². The van der Waals surface area contributed by atoms with Crippen molar-refractivity contribution in [3.8, 4) is 0 Å². The van der Waals surface area contributed by atoms with E-state index in [0.717, 1.165) is 18.0 Å². The highest BCUT2D eigenvalue weighted by Gasteiger charge is 2.29. The van der Waals surface area contributed by atoms with Crippen molar-refractivity contribution < 1.29 is 9.53 Å². The number of nitrogens with one attached hydrogen (secondary N) is 2. The first-order valence-corrected chi connectivity index (χ1v) is 7.15. The minimum Gasteiger partial charge on any atom is -0.375 e. The Balaban J connectivity index is 1.97. The fraction of sp³-hybridized carbons (Fsp3) is 0.667. The van der Waals surface area contributed by atoms with Gasteiger partial charge in [-0.3, -0.25) is 4.79 Å². The maximum Gasteiger partial charge on any atom is 0.240 e. The zero-order valence-electron chi connectivity index (χ0n) is 10.7. The van der Waals surface area contributed by atoms with Crippen molar-refractivity contribution in [3.05, 3.63) is 16.6 Å². The summed E-state index contributed by atoms with van der Waals surface area (Å²) >= 11 is 1.57. The molecule has 0 bridgehead atoms. The lowest BCUT2D eigenvalue weighted by atomic mass is 10.1. The van der Waals surface area contributed by atoms with Gasteiger partial charge in [0.2, 0.25) is 5.91 Å². The molecule has 1 aromatic heterocycles. The highest BCUT2D eigenvalue weighted by atomic mass is 32.1. The molecule has 0 spiro atoms. The van der Waals surface area contributed by atoms with E-state index in [1.54, 1.807) is 17.5 Å². The maximum atomic E-state index is 12.2. The maximum absolute atomic E-state index is 12.2. The van der Waals surface area contributed by atoms with Crippen LogP contribution in [0.3, 0.4) is 0 Å². The molecular formula is C12H19N3O2S. The van der Waals surface area contributed by atoms with Gasteiger partial charge < -0.3 is 15.4 Å². The number of morpholine rings is 1. The number of amides is 1. The minimum atomic E-state index is -0.271. The van der Waals surface area contributed by atoms with Gasteiger partial charge in [-0.05, 0) is 13.3 Å². The van der Waals surface area contributed by atoms with E-state index < -0.39 is 0 Å². The highest BCUT2D eigenvalue weighted by molar-refractivity contribution is 7.09. The molecule has 2 N–H and O–H groups in total. The van der Waals surface area contributed by atoms with Gasteiger partial charge in [-0.25, -0.2) is 4.98 Å². The van der Waals surface area contributed by atoms with Crippen LogP contribution in [0.5, 0.6) is 0 Å². The number of nitrogens with zero attached hydrogens (tertiary/aromatic N) is 1. The van der Waals surface area contributed by atoms with Crippen LogP contribution in [0.15, 0.2) is 11.6 Å². The van der Waals surface area contributed by atoms with Crippen LogP contribution in [0.25, 0.3) is 0 Å². The smallest absolute Gasteiger partial charge is 0.240 e. The standard InChI is InChI=1S/C12H19N3O2S/c1-3-9(12-14-5-7-18-12)15-11(16)10-8(2)17-6-4-13-10/h5,7-10,13H,3-4,6H2,1-2H3,(H,15,16)/t8-,9?,10+/m1/s1. The average molecular weight is 269 g/mol. The van der Waals surface area contributed by atoms with E-state index in [1.807, 2.05) is 19.2 Å². The van der Waals surface area contributed by atoms with E-state index >= 15 is 0 Å². The fourth-order valence-electron chi connectivity index (χ4n) is 2.03. The van der Waals surface area contributed by atoms with Gasteiger partial charge in [-0.2, -0.15) is 0 Å². The molecule has 1 saturated heterocycles. The summed E-state index contributed by atoms with van der Waals surface area (Å²) in [4.78, 5) is 16.5. The molecule has 0 saturated carbocycles. The molecule has 5 nitrogen and oxygen atoms in total. The molecule has 2 heterocycles. The molecule has 1 unspecified atom stereocenters. The van der Waals surface area contributed by atoms with Crippen molar-refractivity contribution in [2.24, 2.45) is 0 Å². The summed E-state index contributed by atoms with van der Waals surface area (Å²) < 4.78 is 5.48. The third-order valence-corrected chi connectivity index (χ3v) is 3.96. The minimum absolute atomic E-state index is 0.00609. The molecule has 0 aromatic carbocycles. The largest absolute Gasteiger partial charge is 0.375 e. The van der Waals surface area contributed by atoms with Crippen LogP contribution in [0.1, 0.15) is 31.3 Å². The predicted molar refractivity (Wildman–Crippen MR) is 70.5 cm³/mol. The number of hydrogen-bond donors (Lipinski definition) is 2. The van der Waals surface area contributed by atoms with Crippen LogP contribution in [-0.2, 0) is 9.53 Å². The summed E-state index contributed by atoms with van der Waals surface area (Å²) in [5.74, 6) is -0.00995. The molecule has 0 aliphatic carbocycles. The molecule has 100 valence electrons. The Morgan fingerprint density at radius 3 is 3.22 bits per heavy atom. The first-order valence-electron chi connectivity index (χ1n) is 6.27. The van der Waals surface area contributed by atoms with Gasteiger partial charge in [0.15, 0.2) is 0 Å². The second-order valence-corrected chi connectivity index (χ2v) is 5.27. The van der Waals surface area contributed by atoms with Crippen LogP contribution in [0, 0.1) is 0 Å². The predicted octanol–water partition coefficient (Wildman–Crippen LogP) is 1.09. The van der Waals surface area contributed by atoms with Gasteiger partial charge >= 0.3 is 0 Å². The fourth-order valence-corrected chi connectivity index (χ4v) is 2.81. The van der Waals surface area contributed by atoms with E-state index in [1.165, 1.54) is 0 Å². The van der Waals surface area contributed by atoms with Gasteiger partial charge in [0.05, 0.1) is 18.8 Å². The van der Waals surface area contributed by atoms with E-state index in [9.17, 15) is 4.79 Å². The van der Waals surface area contributed by atoms with Gasteiger partial charge in [0.25, 0.3) is 0 Å². The van der Waals surface area contributed by atoms with Gasteiger partial charge in [0, 0.05) is 18.1 Å². The number of rotatable bonds is 4. The second kappa shape index (κ2) is 6.26. The van der Waals surface area contributed by atoms with E-state index in [4.69, 9.17) is 4.74 Å². The molecule has 6 heteroatoms. The van der Waals surface area contributed by atoms with E-state index in [0.29, 0.717) is 6.61 Å². The van der Waals surface area contributed by atoms with Gasteiger partial charge in [-0.1, -0.05) is 6.92 Å². The van der Waals surface area contributed by atoms with Crippen molar-refractivity contribution in [2.75, 3.05) is 13.2 Å². The molecule has 1 fully saturated rings. The first-order chi connectivity index (χ1) is 8.72. The summed E-state index contributed by atoms with van der Waals surface area (Å²) in [5, 5.41) is 9.10. The average Bonchev–Trinajstić information content (AvgIpc) is 2.90. The molecular weight excluding hydrogens is 250 g/mol. The van der Waals surface area contributed by atoms with E-state index in [2.05, 4.69) is 15.6 Å². The second-order valence-electron chi connectivity index (χ2n) is 4.35. The number of hydrogen-bond acceptors (Lipinski definition) is 5. The summed E-state index contributed by atoms with van der Waals surface area (Å²) in [7, 11) is 0. The Morgan fingerprint density at radius 1 is 1.78 bits per heavy atom. The molecule has 1 aliphatic rings. The number of aromatic nitrogens is 1. The molecule has 1 aliphatic heterocycles. The number of thiazole rings is 1. The van der Waals surface area contributed by atoms with Crippen molar-refractivity contribution in [2.45, 2.75) is 38.5 Å². The Kier molecular flexibility index (Phi) is 4.68. The van der Waals surface area contributed by atoms with Crippen molar-refractivity contribution >= 4 is 17.2 Å². The van der Waals surface area contributed by atoms with Crippen molar-refractivity contribution in [3.63, 3.8) is 0 Å². The Morgan fingerprint density at radius 2 is 2.61 bits per heavy atom. The topological polar surface area (TPSA) is 63.2 Å².